The van der Waals surface area contributed by atoms with Crippen molar-refractivity contribution in [3.8, 4) is 28.4 Å². The SMILES string of the molecule is Cc1cccn(-c2ccc(I)cc2)c1=O.Ic1ccc(I)cc1.NCc1cccn(-c2ccc(I)cc2)c1=O.O=C(NCc1cccn(-c2ccc(-n3ccccc3=O)cc2)c1=O)c1ccc(Cl)s1.O=C(NCc1cccn(-c2ccc(I)cc2)c1=O)c1ccc(Cl)s1. The summed E-state index contributed by atoms with van der Waals surface area (Å²) in [6.07, 6.45) is 8.61. The van der Waals surface area contributed by atoms with Gasteiger partial charge in [-0.2, -0.15) is 0 Å². The van der Waals surface area contributed by atoms with E-state index in [9.17, 15) is 33.6 Å². The third-order valence-electron chi connectivity index (χ3n) is 13.3. The molecule has 7 heterocycles. The van der Waals surface area contributed by atoms with Crippen molar-refractivity contribution >= 4 is 171 Å². The van der Waals surface area contributed by atoms with E-state index in [1.54, 1.807) is 136 Å². The third kappa shape index (κ3) is 20.9. The zero-order valence-electron chi connectivity index (χ0n) is 48.8. The standard InChI is InChI=1S/C22H16ClN3O3S.C17H12ClIN2O2S.C12H11IN2O.C12H10INO.C6H4I2/c23-19-11-10-18(30-19)21(28)24-14-15-4-3-13-26(22(15)29)17-8-6-16(7-9-17)25-12-2-1-5-20(25)27;18-15-8-7-14(24-15)16(22)20-10-11-2-1-9-21(17(11)23)13-5-3-12(19)4-6-13;13-10-3-5-11(6-4-10)15-7-1-2-9(8-14)12(15)16;1-9-3-2-8-14(12(9)15)11-6-4-10(13)5-7-11;7-5-1-2-6(8)4-3-5/h1-13H,14H2,(H,24,28);1-9H,10H2,(H,20,22);1-7H,8,14H2;2-8H,1H3;1-4H. The van der Waals surface area contributed by atoms with Gasteiger partial charge in [0.15, 0.2) is 0 Å². The molecule has 0 atom stereocenters. The lowest BCUT2D eigenvalue weighted by atomic mass is 10.2. The number of thiophene rings is 2. The highest BCUT2D eigenvalue weighted by molar-refractivity contribution is 14.1. The average molecular weight is 1880 g/mol. The highest BCUT2D eigenvalue weighted by Gasteiger charge is 2.14. The Hall–Kier alpha value is -6.62. The van der Waals surface area contributed by atoms with Crippen LogP contribution < -0.4 is 44.2 Å². The van der Waals surface area contributed by atoms with Crippen LogP contribution in [0.15, 0.2) is 267 Å². The monoisotopic (exact) mass is 1870 g/mol. The highest BCUT2D eigenvalue weighted by atomic mass is 127. The van der Waals surface area contributed by atoms with Crippen LogP contribution in [0.2, 0.25) is 8.67 Å². The van der Waals surface area contributed by atoms with Crippen LogP contribution in [0.25, 0.3) is 28.4 Å². The molecule has 472 valence electrons. The fourth-order valence-electron chi connectivity index (χ4n) is 8.50. The Morgan fingerprint density at radius 2 is 0.677 bits per heavy atom. The van der Waals surface area contributed by atoms with Crippen LogP contribution in [0.5, 0.6) is 0 Å². The predicted octanol–water partition coefficient (Wildman–Crippen LogP) is 15.3. The van der Waals surface area contributed by atoms with Crippen LogP contribution in [0.1, 0.15) is 41.6 Å². The van der Waals surface area contributed by atoms with E-state index in [0.29, 0.717) is 46.5 Å². The zero-order chi connectivity index (χ0) is 66.6. The van der Waals surface area contributed by atoms with Crippen molar-refractivity contribution in [1.82, 2.24) is 33.5 Å². The number of rotatable bonds is 12. The van der Waals surface area contributed by atoms with Gasteiger partial charge in [0, 0.05) is 125 Å². The predicted molar refractivity (Wildman–Crippen MR) is 417 cm³/mol. The molecule has 2 amide bonds. The van der Waals surface area contributed by atoms with Crippen molar-refractivity contribution in [2.45, 2.75) is 26.6 Å². The lowest BCUT2D eigenvalue weighted by Gasteiger charge is -2.10. The summed E-state index contributed by atoms with van der Waals surface area (Å²) in [5.41, 5.74) is 11.3. The number of nitrogens with zero attached hydrogens (tertiary/aromatic N) is 5. The van der Waals surface area contributed by atoms with E-state index in [2.05, 4.69) is 148 Å². The van der Waals surface area contributed by atoms with E-state index in [4.69, 9.17) is 28.9 Å². The lowest BCUT2D eigenvalue weighted by molar-refractivity contribution is 0.0946. The number of aromatic nitrogens is 5. The number of halogens is 7. The first kappa shape index (κ1) is 72.2. The molecule has 0 saturated carbocycles. The molecule has 0 fully saturated rings. The second-order valence-electron chi connectivity index (χ2n) is 19.6. The second-order valence-corrected chi connectivity index (χ2v) is 29.2. The molecule has 4 N–H and O–H groups in total. The normalized spacial score (nSPS) is 10.4. The summed E-state index contributed by atoms with van der Waals surface area (Å²) in [5, 5.41) is 5.50. The molecule has 0 aliphatic carbocycles. The van der Waals surface area contributed by atoms with Crippen molar-refractivity contribution in [2.24, 2.45) is 5.73 Å². The van der Waals surface area contributed by atoms with Gasteiger partial charge >= 0.3 is 0 Å². The first-order valence-electron chi connectivity index (χ1n) is 27.8. The maximum Gasteiger partial charge on any atom is 0.261 e. The Kier molecular flexibility index (Phi) is 27.8. The number of aryl methyl sites for hydroxylation is 1. The van der Waals surface area contributed by atoms with Crippen LogP contribution in [0.4, 0.5) is 0 Å². The number of nitrogens with two attached hydrogens (primary N) is 1. The molecule has 7 aromatic heterocycles. The van der Waals surface area contributed by atoms with Crippen LogP contribution >= 0.6 is 159 Å². The van der Waals surface area contributed by atoms with Gasteiger partial charge in [-0.25, -0.2) is 0 Å². The lowest BCUT2D eigenvalue weighted by Crippen LogP contribution is -2.28. The van der Waals surface area contributed by atoms with Gasteiger partial charge in [-0.3, -0.25) is 56.4 Å². The molecule has 0 saturated heterocycles. The van der Waals surface area contributed by atoms with Gasteiger partial charge < -0.3 is 16.4 Å². The topological polar surface area (TPSA) is 194 Å². The number of carbonyl (C=O) groups is 2. The van der Waals surface area contributed by atoms with E-state index < -0.39 is 0 Å². The maximum atomic E-state index is 12.9. The van der Waals surface area contributed by atoms with Crippen molar-refractivity contribution in [2.75, 3.05) is 0 Å². The molecule has 15 nitrogen and oxygen atoms in total. The Morgan fingerprint density at radius 3 is 1.02 bits per heavy atom. The van der Waals surface area contributed by atoms with Gasteiger partial charge in [-0.1, -0.05) is 53.5 Å². The summed E-state index contributed by atoms with van der Waals surface area (Å²) in [4.78, 5) is 86.5. The van der Waals surface area contributed by atoms with Gasteiger partial charge in [0.05, 0.1) is 18.4 Å². The minimum atomic E-state index is -0.278. The summed E-state index contributed by atoms with van der Waals surface area (Å²) in [6.45, 7) is 2.36. The van der Waals surface area contributed by atoms with Crippen molar-refractivity contribution < 1.29 is 9.59 Å². The van der Waals surface area contributed by atoms with Gasteiger partial charge in [0.25, 0.3) is 39.6 Å². The number of hydrogen-bond acceptors (Lipinski definition) is 10. The summed E-state index contributed by atoms with van der Waals surface area (Å²) >= 11 is 25.4. The number of benzene rings is 5. The molecule has 5 aromatic carbocycles. The minimum absolute atomic E-state index is 0.0405. The number of amides is 2. The first-order chi connectivity index (χ1) is 44.8. The molecular weight excluding hydrogens is 1820 g/mol. The minimum Gasteiger partial charge on any atom is -0.347 e. The van der Waals surface area contributed by atoms with E-state index in [0.717, 1.165) is 33.3 Å². The second kappa shape index (κ2) is 35.8. The summed E-state index contributed by atoms with van der Waals surface area (Å²) in [5.74, 6) is -0.518. The Balaban J connectivity index is 0.000000158. The van der Waals surface area contributed by atoms with Crippen LogP contribution in [-0.2, 0) is 19.6 Å². The van der Waals surface area contributed by atoms with E-state index in [1.165, 1.54) is 45.0 Å². The summed E-state index contributed by atoms with van der Waals surface area (Å²) in [7, 11) is 0. The van der Waals surface area contributed by atoms with Crippen LogP contribution in [0, 0.1) is 24.8 Å². The molecule has 0 unspecified atom stereocenters. The smallest absolute Gasteiger partial charge is 0.261 e. The molecule has 93 heavy (non-hydrogen) atoms. The number of pyridine rings is 5. The molecule has 0 aliphatic rings. The van der Waals surface area contributed by atoms with Crippen molar-refractivity contribution in [3.05, 3.63) is 354 Å². The van der Waals surface area contributed by atoms with E-state index in [1.807, 2.05) is 97.9 Å². The van der Waals surface area contributed by atoms with Gasteiger partial charge in [-0.05, 0) is 296 Å². The number of carbonyl (C=O) groups excluding carboxylic acids is 2. The molecular formula is C69H53Cl2I5N8O7S2. The van der Waals surface area contributed by atoms with Gasteiger partial charge in [0.1, 0.15) is 0 Å². The molecule has 12 rings (SSSR count). The molecule has 12 aromatic rings. The maximum absolute atomic E-state index is 12.9. The fourth-order valence-corrected chi connectivity index (χ4v) is 12.2. The third-order valence-corrected chi connectivity index (χ3v) is 19.3. The molecule has 24 heteroatoms. The van der Waals surface area contributed by atoms with E-state index in [-0.39, 0.29) is 59.2 Å². The Bertz CT molecular complexity index is 4810. The molecule has 0 bridgehead atoms. The average Bonchev–Trinajstić information content (AvgIpc) is 1.83. The highest BCUT2D eigenvalue weighted by Crippen LogP contribution is 2.23. The van der Waals surface area contributed by atoms with Gasteiger partial charge in [0.2, 0.25) is 0 Å². The number of hydrogen-bond donors (Lipinski definition) is 3. The van der Waals surface area contributed by atoms with Crippen LogP contribution in [-0.4, -0.2) is 34.6 Å². The fraction of sp³-hybridized carbons (Fsp3) is 0.0580. The molecule has 0 radical (unpaired) electrons. The Labute approximate surface area is 620 Å². The summed E-state index contributed by atoms with van der Waals surface area (Å²) in [6, 6.07) is 64.6. The van der Waals surface area contributed by atoms with Crippen molar-refractivity contribution in [1.29, 1.82) is 0 Å². The molecule has 0 spiro atoms. The zero-order valence-corrected chi connectivity index (χ0v) is 62.8. The van der Waals surface area contributed by atoms with E-state index >= 15 is 0 Å². The van der Waals surface area contributed by atoms with Gasteiger partial charge in [-0.15, -0.1) is 22.7 Å². The quantitative estimate of drug-likeness (QED) is 0.101. The largest absolute Gasteiger partial charge is 0.347 e. The van der Waals surface area contributed by atoms with Crippen LogP contribution in [0.3, 0.4) is 0 Å². The number of nitrogens with one attached hydrogen (secondary N) is 2. The Morgan fingerprint density at radius 1 is 0.376 bits per heavy atom. The summed E-state index contributed by atoms with van der Waals surface area (Å²) < 4.78 is 14.9. The van der Waals surface area contributed by atoms with Crippen molar-refractivity contribution in [3.63, 3.8) is 0 Å². The first-order valence-corrected chi connectivity index (χ1v) is 35.6. The molecule has 0 aliphatic heterocycles.